The van der Waals surface area contributed by atoms with Gasteiger partial charge in [-0.2, -0.15) is 0 Å². The highest BCUT2D eigenvalue weighted by Gasteiger charge is 2.23. The van der Waals surface area contributed by atoms with Gasteiger partial charge in [0.1, 0.15) is 5.69 Å². The zero-order valence-corrected chi connectivity index (χ0v) is 15.2. The molecule has 2 aromatic rings. The number of amides is 1. The molecule has 1 N–H and O–H groups in total. The van der Waals surface area contributed by atoms with Crippen LogP contribution in [0.2, 0.25) is 0 Å². The number of nitro groups is 1. The third kappa shape index (κ3) is 4.26. The Morgan fingerprint density at radius 2 is 1.75 bits per heavy atom. The number of ether oxygens (including phenoxy) is 2. The van der Waals surface area contributed by atoms with Crippen molar-refractivity contribution in [1.82, 2.24) is 0 Å². The number of carbonyl (C=O) groups excluding carboxylic acids is 2. The number of methoxy groups -OCH3 is 1. The van der Waals surface area contributed by atoms with E-state index in [-0.39, 0.29) is 11.3 Å². The molecule has 0 aromatic heterocycles. The normalized spacial score (nSPS) is 13.7. The topological polar surface area (TPSA) is 111 Å². The molecule has 0 unspecified atom stereocenters. The minimum absolute atomic E-state index is 0.129. The van der Waals surface area contributed by atoms with Crippen molar-refractivity contribution < 1.29 is 24.0 Å². The maximum Gasteiger partial charge on any atom is 0.337 e. The van der Waals surface area contributed by atoms with Crippen molar-refractivity contribution in [3.63, 3.8) is 0 Å². The lowest BCUT2D eigenvalue weighted by Crippen LogP contribution is -2.36. The summed E-state index contributed by atoms with van der Waals surface area (Å²) in [6.45, 7) is 2.11. The Balaban J connectivity index is 1.78. The number of nitrogens with one attached hydrogen (secondary N) is 1. The summed E-state index contributed by atoms with van der Waals surface area (Å²) in [7, 11) is 1.28. The van der Waals surface area contributed by atoms with Crippen LogP contribution in [-0.4, -0.2) is 50.2 Å². The Morgan fingerprint density at radius 1 is 1.11 bits per heavy atom. The molecule has 1 aliphatic heterocycles. The monoisotopic (exact) mass is 385 g/mol. The van der Waals surface area contributed by atoms with Crippen LogP contribution >= 0.6 is 0 Å². The van der Waals surface area contributed by atoms with Crippen LogP contribution in [0.15, 0.2) is 42.5 Å². The smallest absolute Gasteiger partial charge is 0.337 e. The zero-order chi connectivity index (χ0) is 20.1. The molecule has 9 heteroatoms. The molecule has 0 spiro atoms. The van der Waals surface area contributed by atoms with E-state index in [1.807, 2.05) is 4.90 Å². The molecular formula is C19H19N3O6. The molecule has 2 aromatic carbocycles. The first-order valence-electron chi connectivity index (χ1n) is 8.60. The lowest BCUT2D eigenvalue weighted by Gasteiger charge is -2.28. The quantitative estimate of drug-likeness (QED) is 0.478. The van der Waals surface area contributed by atoms with Crippen LogP contribution in [0.3, 0.4) is 0 Å². The number of nitro benzene ring substituents is 1. The molecule has 28 heavy (non-hydrogen) atoms. The molecule has 3 rings (SSSR count). The van der Waals surface area contributed by atoms with Crippen LogP contribution in [0.5, 0.6) is 0 Å². The van der Waals surface area contributed by atoms with Gasteiger partial charge in [0.15, 0.2) is 0 Å². The van der Waals surface area contributed by atoms with Crippen LogP contribution in [0.4, 0.5) is 17.1 Å². The van der Waals surface area contributed by atoms with Gasteiger partial charge in [0.05, 0.1) is 30.8 Å². The van der Waals surface area contributed by atoms with Crippen molar-refractivity contribution in [2.75, 3.05) is 43.6 Å². The molecule has 0 radical (unpaired) electrons. The number of anilines is 2. The van der Waals surface area contributed by atoms with Crippen molar-refractivity contribution in [2.45, 2.75) is 0 Å². The Labute approximate surface area is 161 Å². The number of morpholine rings is 1. The van der Waals surface area contributed by atoms with Gasteiger partial charge in [0, 0.05) is 30.4 Å². The Hall–Kier alpha value is -3.46. The number of hydrogen-bond acceptors (Lipinski definition) is 7. The summed E-state index contributed by atoms with van der Waals surface area (Å²) >= 11 is 0. The highest BCUT2D eigenvalue weighted by atomic mass is 16.6. The van der Waals surface area contributed by atoms with Crippen LogP contribution in [0, 0.1) is 10.1 Å². The summed E-state index contributed by atoms with van der Waals surface area (Å²) in [5.74, 6) is -0.963. The summed E-state index contributed by atoms with van der Waals surface area (Å²) in [5, 5.41) is 14.2. The average molecular weight is 385 g/mol. The van der Waals surface area contributed by atoms with Gasteiger partial charge in [-0.3, -0.25) is 14.9 Å². The zero-order valence-electron chi connectivity index (χ0n) is 15.2. The second kappa shape index (κ2) is 8.49. The fourth-order valence-electron chi connectivity index (χ4n) is 2.89. The van der Waals surface area contributed by atoms with Gasteiger partial charge in [0.25, 0.3) is 11.6 Å². The molecule has 1 fully saturated rings. The summed E-state index contributed by atoms with van der Waals surface area (Å²) in [6, 6.07) is 10.6. The minimum Gasteiger partial charge on any atom is -0.465 e. The Morgan fingerprint density at radius 3 is 2.36 bits per heavy atom. The number of benzene rings is 2. The van der Waals surface area contributed by atoms with Gasteiger partial charge in [-0.15, -0.1) is 0 Å². The molecule has 1 amide bonds. The SMILES string of the molecule is COC(=O)c1ccc(NC(=O)c2ccc(N3CCOCC3)c([N+](=O)[O-])c2)cc1. The van der Waals surface area contributed by atoms with E-state index in [0.29, 0.717) is 43.2 Å². The van der Waals surface area contributed by atoms with Gasteiger partial charge in [-0.1, -0.05) is 0 Å². The third-order valence-electron chi connectivity index (χ3n) is 4.35. The van der Waals surface area contributed by atoms with E-state index < -0.39 is 16.8 Å². The third-order valence-corrected chi connectivity index (χ3v) is 4.35. The van der Waals surface area contributed by atoms with E-state index in [4.69, 9.17) is 4.74 Å². The van der Waals surface area contributed by atoms with E-state index in [1.165, 1.54) is 25.3 Å². The first-order chi connectivity index (χ1) is 13.5. The molecule has 1 heterocycles. The van der Waals surface area contributed by atoms with Gasteiger partial charge >= 0.3 is 5.97 Å². The van der Waals surface area contributed by atoms with Crippen LogP contribution in [-0.2, 0) is 9.47 Å². The van der Waals surface area contributed by atoms with E-state index >= 15 is 0 Å². The van der Waals surface area contributed by atoms with E-state index in [1.54, 1.807) is 24.3 Å². The van der Waals surface area contributed by atoms with Crippen molar-refractivity contribution in [3.05, 3.63) is 63.7 Å². The largest absolute Gasteiger partial charge is 0.465 e. The Bertz CT molecular complexity index is 891. The van der Waals surface area contributed by atoms with E-state index in [0.717, 1.165) is 0 Å². The maximum atomic E-state index is 12.5. The molecule has 0 atom stereocenters. The predicted octanol–water partition coefficient (Wildman–Crippen LogP) is 2.47. The molecule has 0 bridgehead atoms. The highest BCUT2D eigenvalue weighted by molar-refractivity contribution is 6.05. The van der Waals surface area contributed by atoms with E-state index in [2.05, 4.69) is 10.1 Å². The molecule has 0 saturated carbocycles. The van der Waals surface area contributed by atoms with Gasteiger partial charge in [-0.05, 0) is 36.4 Å². The van der Waals surface area contributed by atoms with Gasteiger partial charge in [0.2, 0.25) is 0 Å². The molecule has 1 aliphatic rings. The first kappa shape index (κ1) is 19.3. The van der Waals surface area contributed by atoms with Crippen LogP contribution < -0.4 is 10.2 Å². The molecule has 0 aliphatic carbocycles. The first-order valence-corrected chi connectivity index (χ1v) is 8.60. The standard InChI is InChI=1S/C19H19N3O6/c1-27-19(24)13-2-5-15(6-3-13)20-18(23)14-4-7-16(17(12-14)22(25)26)21-8-10-28-11-9-21/h2-7,12H,8-11H2,1H3,(H,20,23). The van der Waals surface area contributed by atoms with Crippen LogP contribution in [0.1, 0.15) is 20.7 Å². The van der Waals surface area contributed by atoms with Gasteiger partial charge < -0.3 is 19.7 Å². The second-order valence-corrected chi connectivity index (χ2v) is 6.08. The van der Waals surface area contributed by atoms with E-state index in [9.17, 15) is 19.7 Å². The molecule has 146 valence electrons. The van der Waals surface area contributed by atoms with Crippen LogP contribution in [0.25, 0.3) is 0 Å². The lowest BCUT2D eigenvalue weighted by molar-refractivity contribution is -0.384. The van der Waals surface area contributed by atoms with Gasteiger partial charge in [-0.25, -0.2) is 4.79 Å². The molecule has 9 nitrogen and oxygen atoms in total. The van der Waals surface area contributed by atoms with Crippen molar-refractivity contribution in [3.8, 4) is 0 Å². The lowest BCUT2D eigenvalue weighted by atomic mass is 10.1. The summed E-state index contributed by atoms with van der Waals surface area (Å²) in [4.78, 5) is 36.8. The summed E-state index contributed by atoms with van der Waals surface area (Å²) in [6.07, 6.45) is 0. The number of rotatable bonds is 5. The highest BCUT2D eigenvalue weighted by Crippen LogP contribution is 2.30. The predicted molar refractivity (Wildman–Crippen MR) is 102 cm³/mol. The fourth-order valence-corrected chi connectivity index (χ4v) is 2.89. The minimum atomic E-state index is -0.493. The molecular weight excluding hydrogens is 366 g/mol. The summed E-state index contributed by atoms with van der Waals surface area (Å²) < 4.78 is 9.90. The number of hydrogen-bond donors (Lipinski definition) is 1. The second-order valence-electron chi connectivity index (χ2n) is 6.08. The summed E-state index contributed by atoms with van der Waals surface area (Å²) in [5.41, 5.74) is 1.31. The van der Waals surface area contributed by atoms with Crippen molar-refractivity contribution >= 4 is 28.9 Å². The Kier molecular flexibility index (Phi) is 5.85. The fraction of sp³-hybridized carbons (Fsp3) is 0.263. The van der Waals surface area contributed by atoms with Crippen molar-refractivity contribution in [2.24, 2.45) is 0 Å². The molecule has 1 saturated heterocycles. The number of nitrogens with zero attached hydrogens (tertiary/aromatic N) is 2. The number of esters is 1. The maximum absolute atomic E-state index is 12.5. The number of carbonyl (C=O) groups is 2. The van der Waals surface area contributed by atoms with Crippen molar-refractivity contribution in [1.29, 1.82) is 0 Å². The average Bonchev–Trinajstić information content (AvgIpc) is 2.73.